The molecule has 0 atom stereocenters. The lowest BCUT2D eigenvalue weighted by atomic mass is 10.2. The van der Waals surface area contributed by atoms with Crippen molar-refractivity contribution < 1.29 is 5.11 Å². The van der Waals surface area contributed by atoms with E-state index in [9.17, 15) is 9.90 Å². The molecule has 0 amide bonds. The number of phenolic OH excluding ortho intramolecular Hbond substituents is 1. The molecule has 0 aliphatic heterocycles. The predicted molar refractivity (Wildman–Crippen MR) is 80.9 cm³/mol. The minimum absolute atomic E-state index is 0.150. The van der Waals surface area contributed by atoms with Crippen molar-refractivity contribution in [3.63, 3.8) is 0 Å². The Labute approximate surface area is 121 Å². The number of nitrogens with zero attached hydrogens (tertiary/aromatic N) is 1. The Morgan fingerprint density at radius 1 is 1.40 bits per heavy atom. The molecule has 0 aliphatic carbocycles. The normalized spacial score (nSPS) is 10.7. The van der Waals surface area contributed by atoms with Crippen LogP contribution in [0.4, 0.5) is 5.69 Å². The van der Waals surface area contributed by atoms with E-state index in [4.69, 9.17) is 5.73 Å². The first-order valence-corrected chi connectivity index (χ1v) is 7.37. The molecule has 2 aromatic rings. The zero-order valence-electron chi connectivity index (χ0n) is 11.2. The highest BCUT2D eigenvalue weighted by molar-refractivity contribution is 7.98. The number of nitrogen functional groups attached to an aromatic ring is 1. The summed E-state index contributed by atoms with van der Waals surface area (Å²) >= 11 is 1.37. The number of hydrogen-bond donors (Lipinski definition) is 3. The topological polar surface area (TPSA) is 92.0 Å². The first-order valence-electron chi connectivity index (χ1n) is 6.39. The molecule has 0 aliphatic rings. The number of phenols is 1. The van der Waals surface area contributed by atoms with Crippen LogP contribution in [-0.4, -0.2) is 15.1 Å². The summed E-state index contributed by atoms with van der Waals surface area (Å²) in [4.78, 5) is 18.6. The Bertz CT molecular complexity index is 655. The van der Waals surface area contributed by atoms with Gasteiger partial charge in [-0.15, -0.1) is 0 Å². The summed E-state index contributed by atoms with van der Waals surface area (Å²) in [5.74, 6) is 0.689. The molecule has 0 radical (unpaired) electrons. The van der Waals surface area contributed by atoms with Crippen LogP contribution < -0.4 is 11.3 Å². The molecule has 106 valence electrons. The largest absolute Gasteiger partial charge is 0.508 e. The lowest BCUT2D eigenvalue weighted by molar-refractivity contribution is 0.471. The zero-order chi connectivity index (χ0) is 14.5. The van der Waals surface area contributed by atoms with Crippen LogP contribution in [0.3, 0.4) is 0 Å². The molecule has 2 rings (SSSR count). The molecule has 20 heavy (non-hydrogen) atoms. The van der Waals surface area contributed by atoms with E-state index in [0.29, 0.717) is 16.6 Å². The van der Waals surface area contributed by atoms with Crippen molar-refractivity contribution in [2.75, 3.05) is 5.73 Å². The van der Waals surface area contributed by atoms with Gasteiger partial charge in [-0.3, -0.25) is 4.79 Å². The summed E-state index contributed by atoms with van der Waals surface area (Å²) in [6, 6.07) is 6.45. The number of aryl methyl sites for hydroxylation is 1. The van der Waals surface area contributed by atoms with E-state index >= 15 is 0 Å². The molecular weight excluding hydrogens is 274 g/mol. The van der Waals surface area contributed by atoms with Crippen LogP contribution in [0.2, 0.25) is 0 Å². The van der Waals surface area contributed by atoms with Crippen LogP contribution >= 0.6 is 11.8 Å². The molecule has 1 heterocycles. The predicted octanol–water partition coefficient (Wildman–Crippen LogP) is 2.30. The Kier molecular flexibility index (Phi) is 4.68. The van der Waals surface area contributed by atoms with Crippen LogP contribution in [0.15, 0.2) is 34.2 Å². The molecule has 0 unspecified atom stereocenters. The van der Waals surface area contributed by atoms with E-state index in [1.165, 1.54) is 17.8 Å². The van der Waals surface area contributed by atoms with Gasteiger partial charge in [0.2, 0.25) is 0 Å². The van der Waals surface area contributed by atoms with Crippen LogP contribution in [0.1, 0.15) is 24.6 Å². The molecule has 0 saturated carbocycles. The van der Waals surface area contributed by atoms with Gasteiger partial charge in [0.15, 0.2) is 5.16 Å². The molecule has 1 aromatic carbocycles. The first kappa shape index (κ1) is 14.5. The Hall–Kier alpha value is -1.95. The number of nitrogens with two attached hydrogens (primary N) is 1. The summed E-state index contributed by atoms with van der Waals surface area (Å²) in [7, 11) is 0. The Morgan fingerprint density at radius 3 is 2.95 bits per heavy atom. The number of aromatic nitrogens is 2. The van der Waals surface area contributed by atoms with Gasteiger partial charge in [-0.25, -0.2) is 4.98 Å². The average molecular weight is 291 g/mol. The number of thioether (sulfide) groups is 1. The smallest absolute Gasteiger partial charge is 0.251 e. The number of benzene rings is 1. The van der Waals surface area contributed by atoms with Crippen LogP contribution in [0.5, 0.6) is 5.75 Å². The summed E-state index contributed by atoms with van der Waals surface area (Å²) < 4.78 is 0. The second-order valence-corrected chi connectivity index (χ2v) is 5.43. The lowest BCUT2D eigenvalue weighted by Gasteiger charge is -2.06. The van der Waals surface area contributed by atoms with E-state index in [1.807, 2.05) is 6.92 Å². The maximum Gasteiger partial charge on any atom is 0.251 e. The molecule has 0 spiro atoms. The first-order chi connectivity index (χ1) is 9.58. The van der Waals surface area contributed by atoms with Crippen molar-refractivity contribution in [3.05, 3.63) is 45.9 Å². The van der Waals surface area contributed by atoms with Crippen molar-refractivity contribution in [1.82, 2.24) is 9.97 Å². The molecule has 0 saturated heterocycles. The van der Waals surface area contributed by atoms with Crippen molar-refractivity contribution in [1.29, 1.82) is 0 Å². The van der Waals surface area contributed by atoms with E-state index in [-0.39, 0.29) is 11.3 Å². The standard InChI is InChI=1S/C14H17N3O2S/c1-2-3-11-7-13(19)17-14(16-11)20-8-9-6-10(15)4-5-12(9)18/h4-7,18H,2-3,8,15H2,1H3,(H,16,17,19). The fourth-order valence-electron chi connectivity index (χ4n) is 1.80. The van der Waals surface area contributed by atoms with E-state index in [1.54, 1.807) is 18.2 Å². The van der Waals surface area contributed by atoms with Gasteiger partial charge < -0.3 is 15.8 Å². The maximum atomic E-state index is 11.5. The monoisotopic (exact) mass is 291 g/mol. The fraction of sp³-hybridized carbons (Fsp3) is 0.286. The van der Waals surface area contributed by atoms with Gasteiger partial charge in [0.25, 0.3) is 5.56 Å². The summed E-state index contributed by atoms with van der Waals surface area (Å²) in [5, 5.41) is 10.3. The third kappa shape index (κ3) is 3.77. The van der Waals surface area contributed by atoms with Crippen molar-refractivity contribution in [2.24, 2.45) is 0 Å². The number of anilines is 1. The van der Waals surface area contributed by atoms with E-state index < -0.39 is 0 Å². The van der Waals surface area contributed by atoms with E-state index in [2.05, 4.69) is 9.97 Å². The number of H-pyrrole nitrogens is 1. The quantitative estimate of drug-likeness (QED) is 0.340. The minimum atomic E-state index is -0.150. The SMILES string of the molecule is CCCc1cc(=O)[nH]c(SCc2cc(N)ccc2O)n1. The second-order valence-electron chi connectivity index (χ2n) is 4.47. The second kappa shape index (κ2) is 6.47. The minimum Gasteiger partial charge on any atom is -0.508 e. The number of nitrogens with one attached hydrogen (secondary N) is 1. The van der Waals surface area contributed by atoms with Gasteiger partial charge in [-0.1, -0.05) is 25.1 Å². The summed E-state index contributed by atoms with van der Waals surface area (Å²) in [6.07, 6.45) is 1.72. The summed E-state index contributed by atoms with van der Waals surface area (Å²) in [6.45, 7) is 2.04. The average Bonchev–Trinajstić information content (AvgIpc) is 2.40. The number of aromatic hydroxyl groups is 1. The van der Waals surface area contributed by atoms with Gasteiger partial charge >= 0.3 is 0 Å². The Morgan fingerprint density at radius 2 is 2.20 bits per heavy atom. The molecule has 6 heteroatoms. The molecule has 0 fully saturated rings. The third-order valence-corrected chi connectivity index (χ3v) is 3.67. The number of hydrogen-bond acceptors (Lipinski definition) is 5. The Balaban J connectivity index is 2.14. The number of rotatable bonds is 5. The van der Waals surface area contributed by atoms with Crippen molar-refractivity contribution >= 4 is 17.4 Å². The van der Waals surface area contributed by atoms with Gasteiger partial charge in [-0.05, 0) is 24.6 Å². The summed E-state index contributed by atoms with van der Waals surface area (Å²) in [5.41, 5.74) is 7.65. The highest BCUT2D eigenvalue weighted by Crippen LogP contribution is 2.26. The van der Waals surface area contributed by atoms with Crippen LogP contribution in [0.25, 0.3) is 0 Å². The highest BCUT2D eigenvalue weighted by atomic mass is 32.2. The molecule has 0 bridgehead atoms. The third-order valence-electron chi connectivity index (χ3n) is 2.75. The number of aromatic amines is 1. The molecule has 5 nitrogen and oxygen atoms in total. The van der Waals surface area contributed by atoms with Gasteiger partial charge in [0.1, 0.15) is 5.75 Å². The molecular formula is C14H17N3O2S. The fourth-order valence-corrected chi connectivity index (χ4v) is 2.68. The maximum absolute atomic E-state index is 11.5. The van der Waals surface area contributed by atoms with Crippen LogP contribution in [0, 0.1) is 0 Å². The lowest BCUT2D eigenvalue weighted by Crippen LogP contribution is -2.10. The van der Waals surface area contributed by atoms with Gasteiger partial charge in [-0.2, -0.15) is 0 Å². The zero-order valence-corrected chi connectivity index (χ0v) is 12.0. The van der Waals surface area contributed by atoms with Crippen molar-refractivity contribution in [3.8, 4) is 5.75 Å². The molecule has 1 aromatic heterocycles. The van der Waals surface area contributed by atoms with Crippen LogP contribution in [-0.2, 0) is 12.2 Å². The highest BCUT2D eigenvalue weighted by Gasteiger charge is 2.06. The van der Waals surface area contributed by atoms with Crippen molar-refractivity contribution in [2.45, 2.75) is 30.7 Å². The molecule has 4 N–H and O–H groups in total. The van der Waals surface area contributed by atoms with Gasteiger partial charge in [0, 0.05) is 28.8 Å². The van der Waals surface area contributed by atoms with E-state index in [0.717, 1.165) is 24.1 Å². The van der Waals surface area contributed by atoms with Gasteiger partial charge in [0.05, 0.1) is 0 Å².